The molecule has 5 heteroatoms. The van der Waals surface area contributed by atoms with Gasteiger partial charge in [-0.1, -0.05) is 17.9 Å². The van der Waals surface area contributed by atoms with Gasteiger partial charge in [0, 0.05) is 24.9 Å². The lowest BCUT2D eigenvalue weighted by Crippen LogP contribution is -2.14. The topological polar surface area (TPSA) is 67.2 Å². The van der Waals surface area contributed by atoms with Crippen molar-refractivity contribution in [3.8, 4) is 11.8 Å². The highest BCUT2D eigenvalue weighted by Gasteiger charge is 2.11. The molecule has 1 amide bonds. The lowest BCUT2D eigenvalue weighted by atomic mass is 10.0. The number of anilines is 1. The second-order valence-electron chi connectivity index (χ2n) is 4.34. The average molecular weight is 269 g/mol. The smallest absolute Gasteiger partial charge is 0.258 e. The Balaban J connectivity index is 2.29. The van der Waals surface area contributed by atoms with Gasteiger partial charge in [0.15, 0.2) is 5.82 Å². The van der Waals surface area contributed by atoms with Crippen LogP contribution in [0.5, 0.6) is 0 Å². The number of amides is 1. The van der Waals surface area contributed by atoms with Crippen LogP contribution >= 0.6 is 0 Å². The monoisotopic (exact) mass is 269 g/mol. The van der Waals surface area contributed by atoms with E-state index in [1.165, 1.54) is 0 Å². The van der Waals surface area contributed by atoms with E-state index >= 15 is 0 Å². The van der Waals surface area contributed by atoms with Crippen molar-refractivity contribution in [2.45, 2.75) is 6.92 Å². The van der Waals surface area contributed by atoms with Gasteiger partial charge < -0.3 is 10.4 Å². The minimum absolute atomic E-state index is 0.241. The van der Waals surface area contributed by atoms with Crippen LogP contribution in [0.2, 0.25) is 0 Å². The van der Waals surface area contributed by atoms with Gasteiger partial charge in [0.1, 0.15) is 6.61 Å². The molecule has 1 aromatic heterocycles. The summed E-state index contributed by atoms with van der Waals surface area (Å²) in [5.74, 6) is 5.56. The van der Waals surface area contributed by atoms with E-state index in [2.05, 4.69) is 22.3 Å². The molecule has 2 aromatic rings. The highest BCUT2D eigenvalue weighted by Crippen LogP contribution is 2.13. The van der Waals surface area contributed by atoms with E-state index in [4.69, 9.17) is 5.11 Å². The minimum Gasteiger partial charge on any atom is -0.384 e. The molecule has 20 heavy (non-hydrogen) atoms. The predicted octanol–water partition coefficient (Wildman–Crippen LogP) is 1.32. The van der Waals surface area contributed by atoms with Gasteiger partial charge >= 0.3 is 0 Å². The number of rotatable bonds is 2. The molecule has 1 heterocycles. The van der Waals surface area contributed by atoms with Gasteiger partial charge in [0.05, 0.1) is 5.56 Å². The third-order valence-corrected chi connectivity index (χ3v) is 2.68. The maximum Gasteiger partial charge on any atom is 0.258 e. The number of benzene rings is 1. The third kappa shape index (κ3) is 3.25. The van der Waals surface area contributed by atoms with Crippen molar-refractivity contribution in [1.29, 1.82) is 0 Å². The molecule has 102 valence electrons. The molecule has 0 aliphatic heterocycles. The lowest BCUT2D eigenvalue weighted by molar-refractivity contribution is 0.102. The van der Waals surface area contributed by atoms with E-state index in [-0.39, 0.29) is 12.5 Å². The number of carbonyl (C=O) groups excluding carboxylic acids is 1. The minimum atomic E-state index is -0.272. The zero-order valence-electron chi connectivity index (χ0n) is 11.3. The first-order valence-corrected chi connectivity index (χ1v) is 6.11. The molecule has 2 rings (SSSR count). The summed E-state index contributed by atoms with van der Waals surface area (Å²) in [6, 6.07) is 7.09. The third-order valence-electron chi connectivity index (χ3n) is 2.68. The van der Waals surface area contributed by atoms with Crippen molar-refractivity contribution in [2.75, 3.05) is 11.9 Å². The Labute approximate surface area is 117 Å². The number of nitrogens with zero attached hydrogens (tertiary/aromatic N) is 2. The molecule has 0 atom stereocenters. The molecule has 0 aliphatic carbocycles. The SMILES string of the molecule is Cc1ccc(C(=O)Nc2ccn(C)n2)c(C#CCO)c1. The summed E-state index contributed by atoms with van der Waals surface area (Å²) in [6.07, 6.45) is 1.75. The molecule has 0 spiro atoms. The Bertz CT molecular complexity index is 693. The first kappa shape index (κ1) is 13.8. The highest BCUT2D eigenvalue weighted by molar-refractivity contribution is 6.05. The first-order valence-electron chi connectivity index (χ1n) is 6.11. The van der Waals surface area contributed by atoms with E-state index in [1.54, 1.807) is 30.1 Å². The van der Waals surface area contributed by atoms with Gasteiger partial charge in [-0.25, -0.2) is 0 Å². The standard InChI is InChI=1S/C15H15N3O2/c1-11-5-6-13(12(10-11)4-3-9-19)15(20)16-14-7-8-18(2)17-14/h5-8,10,19H,9H2,1-2H3,(H,16,17,20). The molecule has 2 N–H and O–H groups in total. The van der Waals surface area contributed by atoms with Crippen molar-refractivity contribution in [3.05, 3.63) is 47.2 Å². The van der Waals surface area contributed by atoms with E-state index in [9.17, 15) is 4.79 Å². The van der Waals surface area contributed by atoms with E-state index in [0.29, 0.717) is 16.9 Å². The second-order valence-corrected chi connectivity index (χ2v) is 4.34. The average Bonchev–Trinajstić information content (AvgIpc) is 2.81. The van der Waals surface area contributed by atoms with Crippen molar-refractivity contribution < 1.29 is 9.90 Å². The van der Waals surface area contributed by atoms with Crippen LogP contribution in [0.4, 0.5) is 5.82 Å². The van der Waals surface area contributed by atoms with Crippen molar-refractivity contribution in [3.63, 3.8) is 0 Å². The fourth-order valence-electron chi connectivity index (χ4n) is 1.76. The van der Waals surface area contributed by atoms with Crippen LogP contribution < -0.4 is 5.32 Å². The maximum atomic E-state index is 12.2. The Morgan fingerprint density at radius 2 is 2.25 bits per heavy atom. The summed E-state index contributed by atoms with van der Waals surface area (Å²) in [5, 5.41) is 15.6. The number of aromatic nitrogens is 2. The number of aliphatic hydroxyl groups excluding tert-OH is 1. The molecule has 0 saturated heterocycles. The quantitative estimate of drug-likeness (QED) is 0.808. The normalized spacial score (nSPS) is 9.75. The lowest BCUT2D eigenvalue weighted by Gasteiger charge is -2.05. The van der Waals surface area contributed by atoms with Crippen LogP contribution in [0.1, 0.15) is 21.5 Å². The Hall–Kier alpha value is -2.58. The number of carbonyl (C=O) groups is 1. The molecule has 0 radical (unpaired) electrons. The van der Waals surface area contributed by atoms with Crippen LogP contribution in [0.15, 0.2) is 30.5 Å². The van der Waals surface area contributed by atoms with Crippen LogP contribution in [0.3, 0.4) is 0 Å². The van der Waals surface area contributed by atoms with Gasteiger partial charge in [-0.15, -0.1) is 0 Å². The molecular weight excluding hydrogens is 254 g/mol. The molecule has 0 fully saturated rings. The molecule has 0 bridgehead atoms. The number of nitrogens with one attached hydrogen (secondary N) is 1. The van der Waals surface area contributed by atoms with E-state index < -0.39 is 0 Å². The Morgan fingerprint density at radius 1 is 1.45 bits per heavy atom. The Morgan fingerprint density at radius 3 is 2.90 bits per heavy atom. The summed E-state index contributed by atoms with van der Waals surface area (Å²) in [7, 11) is 1.78. The summed E-state index contributed by atoms with van der Waals surface area (Å²) in [5.41, 5.74) is 2.05. The number of aliphatic hydroxyl groups is 1. The van der Waals surface area contributed by atoms with Crippen molar-refractivity contribution in [1.82, 2.24) is 9.78 Å². The summed E-state index contributed by atoms with van der Waals surface area (Å²) in [6.45, 7) is 1.68. The molecule has 1 aromatic carbocycles. The summed E-state index contributed by atoms with van der Waals surface area (Å²) in [4.78, 5) is 12.2. The van der Waals surface area contributed by atoms with Gasteiger partial charge in [-0.2, -0.15) is 5.10 Å². The van der Waals surface area contributed by atoms with Crippen molar-refractivity contribution >= 4 is 11.7 Å². The maximum absolute atomic E-state index is 12.2. The van der Waals surface area contributed by atoms with Crippen LogP contribution in [-0.2, 0) is 7.05 Å². The molecule has 5 nitrogen and oxygen atoms in total. The van der Waals surface area contributed by atoms with Crippen LogP contribution in [0, 0.1) is 18.8 Å². The largest absolute Gasteiger partial charge is 0.384 e. The number of hydrogen-bond acceptors (Lipinski definition) is 3. The predicted molar refractivity (Wildman–Crippen MR) is 76.3 cm³/mol. The van der Waals surface area contributed by atoms with E-state index in [0.717, 1.165) is 5.56 Å². The van der Waals surface area contributed by atoms with Gasteiger partial charge in [0.25, 0.3) is 5.91 Å². The van der Waals surface area contributed by atoms with Gasteiger partial charge in [-0.3, -0.25) is 9.48 Å². The zero-order valence-corrected chi connectivity index (χ0v) is 11.3. The van der Waals surface area contributed by atoms with E-state index in [1.807, 2.05) is 19.1 Å². The van der Waals surface area contributed by atoms with Crippen LogP contribution in [-0.4, -0.2) is 27.4 Å². The number of aryl methyl sites for hydroxylation is 2. The first-order chi connectivity index (χ1) is 9.60. The molecule has 0 aliphatic rings. The Kier molecular flexibility index (Phi) is 4.18. The van der Waals surface area contributed by atoms with Crippen molar-refractivity contribution in [2.24, 2.45) is 7.05 Å². The fourth-order valence-corrected chi connectivity index (χ4v) is 1.76. The van der Waals surface area contributed by atoms with Gasteiger partial charge in [0.2, 0.25) is 0 Å². The number of hydrogen-bond donors (Lipinski definition) is 2. The summed E-state index contributed by atoms with van der Waals surface area (Å²) >= 11 is 0. The van der Waals surface area contributed by atoms with Crippen LogP contribution in [0.25, 0.3) is 0 Å². The molecule has 0 unspecified atom stereocenters. The fraction of sp³-hybridized carbons (Fsp3) is 0.200. The summed E-state index contributed by atoms with van der Waals surface area (Å²) < 4.78 is 1.61. The van der Waals surface area contributed by atoms with Gasteiger partial charge in [-0.05, 0) is 24.6 Å². The zero-order chi connectivity index (χ0) is 14.5. The molecular formula is C15H15N3O2. The second kappa shape index (κ2) is 6.04. The molecule has 0 saturated carbocycles. The highest BCUT2D eigenvalue weighted by atomic mass is 16.2.